The molecule has 1 saturated heterocycles. The molecule has 1 amide bonds. The molecule has 1 heterocycles. The zero-order valence-corrected chi connectivity index (χ0v) is 13.6. The first-order chi connectivity index (χ1) is 10.5. The van der Waals surface area contributed by atoms with E-state index in [9.17, 15) is 13.2 Å². The van der Waals surface area contributed by atoms with Crippen molar-refractivity contribution in [3.05, 3.63) is 35.9 Å². The molecule has 2 fully saturated rings. The third-order valence-corrected chi connectivity index (χ3v) is 6.02. The van der Waals surface area contributed by atoms with Gasteiger partial charge in [-0.3, -0.25) is 4.79 Å². The first-order valence-electron chi connectivity index (χ1n) is 7.77. The van der Waals surface area contributed by atoms with E-state index in [-0.39, 0.29) is 17.9 Å². The highest BCUT2D eigenvalue weighted by atomic mass is 32.2. The Hall–Kier alpha value is -1.40. The van der Waals surface area contributed by atoms with E-state index in [0.29, 0.717) is 6.54 Å². The quantitative estimate of drug-likeness (QED) is 0.884. The highest BCUT2D eigenvalue weighted by Gasteiger charge is 2.52. The summed E-state index contributed by atoms with van der Waals surface area (Å²) in [6, 6.07) is 9.45. The predicted octanol–water partition coefficient (Wildman–Crippen LogP) is 1.16. The summed E-state index contributed by atoms with van der Waals surface area (Å²) in [5, 5.41) is 2.91. The number of hydrogen-bond donors (Lipinski definition) is 1. The van der Waals surface area contributed by atoms with Gasteiger partial charge in [-0.15, -0.1) is 0 Å². The second kappa shape index (κ2) is 6.01. The second-order valence-electron chi connectivity index (χ2n) is 6.29. The Morgan fingerprint density at radius 2 is 2.00 bits per heavy atom. The van der Waals surface area contributed by atoms with Crippen LogP contribution in [0.3, 0.4) is 0 Å². The molecule has 3 unspecified atom stereocenters. The van der Waals surface area contributed by atoms with E-state index in [4.69, 9.17) is 0 Å². The van der Waals surface area contributed by atoms with Gasteiger partial charge in [0, 0.05) is 12.6 Å². The first-order valence-corrected chi connectivity index (χ1v) is 9.62. The fourth-order valence-corrected chi connectivity index (χ4v) is 5.24. The number of rotatable bonds is 5. The van der Waals surface area contributed by atoms with E-state index in [2.05, 4.69) is 5.32 Å². The lowest BCUT2D eigenvalue weighted by atomic mass is 9.99. The Kier molecular flexibility index (Phi) is 4.23. The molecule has 0 aromatic heterocycles. The van der Waals surface area contributed by atoms with Crippen LogP contribution in [0.2, 0.25) is 0 Å². The van der Waals surface area contributed by atoms with Gasteiger partial charge in [-0.05, 0) is 37.2 Å². The van der Waals surface area contributed by atoms with E-state index < -0.39 is 16.1 Å². The zero-order valence-electron chi connectivity index (χ0n) is 12.7. The van der Waals surface area contributed by atoms with Crippen LogP contribution in [0.15, 0.2) is 30.3 Å². The molecule has 120 valence electrons. The number of carbonyl (C=O) groups is 1. The van der Waals surface area contributed by atoms with Gasteiger partial charge in [0.15, 0.2) is 0 Å². The van der Waals surface area contributed by atoms with Crippen molar-refractivity contribution in [3.8, 4) is 0 Å². The Balaban J connectivity index is 1.62. The van der Waals surface area contributed by atoms with Crippen LogP contribution in [0.1, 0.15) is 24.8 Å². The molecule has 6 heteroatoms. The van der Waals surface area contributed by atoms with Crippen molar-refractivity contribution in [1.82, 2.24) is 9.62 Å². The number of amides is 1. The SMILES string of the molecule is CS(=O)(=O)N1C2CCC(C2)C1C(=O)NCCc1ccccc1. The molecule has 1 aromatic carbocycles. The largest absolute Gasteiger partial charge is 0.354 e. The topological polar surface area (TPSA) is 66.5 Å². The molecular formula is C16H22N2O3S. The van der Waals surface area contributed by atoms with Crippen molar-refractivity contribution in [3.63, 3.8) is 0 Å². The van der Waals surface area contributed by atoms with E-state index in [1.54, 1.807) is 0 Å². The second-order valence-corrected chi connectivity index (χ2v) is 8.18. The number of sulfonamides is 1. The van der Waals surface area contributed by atoms with Gasteiger partial charge in [-0.1, -0.05) is 30.3 Å². The van der Waals surface area contributed by atoms with Gasteiger partial charge in [-0.25, -0.2) is 8.42 Å². The van der Waals surface area contributed by atoms with Crippen LogP contribution in [0.25, 0.3) is 0 Å². The maximum Gasteiger partial charge on any atom is 0.238 e. The molecule has 1 N–H and O–H groups in total. The molecule has 2 bridgehead atoms. The summed E-state index contributed by atoms with van der Waals surface area (Å²) in [6.07, 6.45) is 4.62. The van der Waals surface area contributed by atoms with Crippen molar-refractivity contribution in [2.45, 2.75) is 37.8 Å². The summed E-state index contributed by atoms with van der Waals surface area (Å²) in [7, 11) is -3.33. The Morgan fingerprint density at radius 1 is 1.27 bits per heavy atom. The Bertz CT molecular complexity index is 645. The van der Waals surface area contributed by atoms with Crippen LogP contribution in [0, 0.1) is 5.92 Å². The van der Waals surface area contributed by atoms with Gasteiger partial charge in [0.25, 0.3) is 0 Å². The number of fused-ring (bicyclic) bond motifs is 2. The van der Waals surface area contributed by atoms with Gasteiger partial charge in [-0.2, -0.15) is 4.31 Å². The summed E-state index contributed by atoms with van der Waals surface area (Å²) in [6.45, 7) is 0.536. The number of nitrogens with one attached hydrogen (secondary N) is 1. The highest BCUT2D eigenvalue weighted by Crippen LogP contribution is 2.43. The van der Waals surface area contributed by atoms with Crippen LogP contribution < -0.4 is 5.32 Å². The highest BCUT2D eigenvalue weighted by molar-refractivity contribution is 7.88. The van der Waals surface area contributed by atoms with E-state index in [1.807, 2.05) is 30.3 Å². The smallest absolute Gasteiger partial charge is 0.238 e. The molecule has 1 aromatic rings. The van der Waals surface area contributed by atoms with Crippen LogP contribution in [0.5, 0.6) is 0 Å². The summed E-state index contributed by atoms with van der Waals surface area (Å²) in [4.78, 5) is 12.5. The predicted molar refractivity (Wildman–Crippen MR) is 84.8 cm³/mol. The minimum atomic E-state index is -3.33. The fraction of sp³-hybridized carbons (Fsp3) is 0.562. The van der Waals surface area contributed by atoms with E-state index >= 15 is 0 Å². The fourth-order valence-electron chi connectivity index (χ4n) is 3.83. The number of benzene rings is 1. The monoisotopic (exact) mass is 322 g/mol. The molecule has 3 atom stereocenters. The maximum absolute atomic E-state index is 12.5. The average Bonchev–Trinajstić information content (AvgIpc) is 3.08. The third kappa shape index (κ3) is 3.03. The lowest BCUT2D eigenvalue weighted by Crippen LogP contribution is -2.52. The van der Waals surface area contributed by atoms with Crippen LogP contribution in [0.4, 0.5) is 0 Å². The van der Waals surface area contributed by atoms with E-state index in [0.717, 1.165) is 31.2 Å². The van der Waals surface area contributed by atoms with Gasteiger partial charge >= 0.3 is 0 Å². The van der Waals surface area contributed by atoms with Gasteiger partial charge < -0.3 is 5.32 Å². The summed E-state index contributed by atoms with van der Waals surface area (Å²) < 4.78 is 25.4. The molecule has 1 aliphatic heterocycles. The summed E-state index contributed by atoms with van der Waals surface area (Å²) in [5.41, 5.74) is 1.16. The molecule has 2 aliphatic rings. The number of carbonyl (C=O) groups excluding carboxylic acids is 1. The molecule has 3 rings (SSSR count). The van der Waals surface area contributed by atoms with Crippen LogP contribution >= 0.6 is 0 Å². The van der Waals surface area contributed by atoms with Gasteiger partial charge in [0.1, 0.15) is 6.04 Å². The van der Waals surface area contributed by atoms with Crippen LogP contribution in [-0.2, 0) is 21.2 Å². The number of hydrogen-bond acceptors (Lipinski definition) is 3. The molecule has 22 heavy (non-hydrogen) atoms. The van der Waals surface area contributed by atoms with Crippen molar-refractivity contribution in [2.75, 3.05) is 12.8 Å². The minimum Gasteiger partial charge on any atom is -0.354 e. The average molecular weight is 322 g/mol. The van der Waals surface area contributed by atoms with Crippen molar-refractivity contribution >= 4 is 15.9 Å². The van der Waals surface area contributed by atoms with Crippen molar-refractivity contribution in [1.29, 1.82) is 0 Å². The maximum atomic E-state index is 12.5. The third-order valence-electron chi connectivity index (χ3n) is 4.73. The Labute approximate surface area is 131 Å². The molecule has 5 nitrogen and oxygen atoms in total. The minimum absolute atomic E-state index is 0.0184. The van der Waals surface area contributed by atoms with Gasteiger partial charge in [0.05, 0.1) is 6.26 Å². The molecule has 1 saturated carbocycles. The Morgan fingerprint density at radius 3 is 2.68 bits per heavy atom. The van der Waals surface area contributed by atoms with Gasteiger partial charge in [0.2, 0.25) is 15.9 Å². The van der Waals surface area contributed by atoms with Crippen molar-refractivity contribution in [2.24, 2.45) is 5.92 Å². The first kappa shape index (κ1) is 15.5. The number of nitrogens with zero attached hydrogens (tertiary/aromatic N) is 1. The molecule has 0 radical (unpaired) electrons. The summed E-state index contributed by atoms with van der Waals surface area (Å²) in [5.74, 6) is 0.0324. The van der Waals surface area contributed by atoms with Crippen molar-refractivity contribution < 1.29 is 13.2 Å². The van der Waals surface area contributed by atoms with E-state index in [1.165, 1.54) is 10.6 Å². The lowest BCUT2D eigenvalue weighted by molar-refractivity contribution is -0.126. The lowest BCUT2D eigenvalue weighted by Gasteiger charge is -2.32. The summed E-state index contributed by atoms with van der Waals surface area (Å²) >= 11 is 0. The molecular weight excluding hydrogens is 300 g/mol. The number of piperidine rings is 1. The molecule has 1 aliphatic carbocycles. The van der Waals surface area contributed by atoms with Crippen LogP contribution in [-0.4, -0.2) is 43.5 Å². The zero-order chi connectivity index (χ0) is 15.7. The normalized spacial score (nSPS) is 28.0. The molecule has 0 spiro atoms. The standard InChI is InChI=1S/C16H22N2O3S/c1-22(20,21)18-14-8-7-13(11-14)15(18)16(19)17-10-9-12-5-3-2-4-6-12/h2-6,13-15H,7-11H2,1H3,(H,17,19).